The van der Waals surface area contributed by atoms with E-state index in [9.17, 15) is 9.59 Å². The van der Waals surface area contributed by atoms with Crippen molar-refractivity contribution in [2.75, 3.05) is 50.1 Å². The Morgan fingerprint density at radius 3 is 2.52 bits per heavy atom. The monoisotopic (exact) mass is 479 g/mol. The molecule has 1 fully saturated rings. The number of benzene rings is 2. The van der Waals surface area contributed by atoms with E-state index in [1.165, 1.54) is 4.90 Å². The number of likely N-dealkylation sites (N-methyl/N-ethyl adjacent to an activating group) is 1. The summed E-state index contributed by atoms with van der Waals surface area (Å²) in [5.74, 6) is -0.401. The Morgan fingerprint density at radius 2 is 1.85 bits per heavy atom. The van der Waals surface area contributed by atoms with Gasteiger partial charge in [-0.1, -0.05) is 6.07 Å². The minimum absolute atomic E-state index is 0.00444. The maximum absolute atomic E-state index is 12.4. The molecule has 0 spiro atoms. The molecule has 3 rings (SSSR count). The second kappa shape index (κ2) is 9.18. The molecule has 1 heterocycles. The summed E-state index contributed by atoms with van der Waals surface area (Å²) < 4.78 is 6.34. The van der Waals surface area contributed by atoms with Crippen LogP contribution >= 0.6 is 22.6 Å². The second-order valence-electron chi connectivity index (χ2n) is 6.37. The molecular formula is C20H22IN3O3. The SMILES string of the molecule is CN(CC(=O)Nc1ccc(N2CCOCC2)cc1)C(=O)c1cccc(I)c1. The number of morpholine rings is 1. The number of hydrogen-bond acceptors (Lipinski definition) is 4. The fourth-order valence-electron chi connectivity index (χ4n) is 2.91. The lowest BCUT2D eigenvalue weighted by atomic mass is 10.2. The van der Waals surface area contributed by atoms with Gasteiger partial charge < -0.3 is 19.9 Å². The van der Waals surface area contributed by atoms with Gasteiger partial charge in [-0.2, -0.15) is 0 Å². The minimum Gasteiger partial charge on any atom is -0.378 e. The lowest BCUT2D eigenvalue weighted by molar-refractivity contribution is -0.116. The Morgan fingerprint density at radius 1 is 1.15 bits per heavy atom. The van der Waals surface area contributed by atoms with Gasteiger partial charge in [0.25, 0.3) is 5.91 Å². The van der Waals surface area contributed by atoms with E-state index in [0.717, 1.165) is 35.6 Å². The van der Waals surface area contributed by atoms with E-state index in [1.54, 1.807) is 13.1 Å². The molecule has 2 amide bonds. The number of carbonyl (C=O) groups excluding carboxylic acids is 2. The summed E-state index contributed by atoms with van der Waals surface area (Å²) in [6, 6.07) is 15.0. The summed E-state index contributed by atoms with van der Waals surface area (Å²) in [4.78, 5) is 28.4. The van der Waals surface area contributed by atoms with Crippen molar-refractivity contribution in [2.24, 2.45) is 0 Å². The fraction of sp³-hybridized carbons (Fsp3) is 0.300. The Hall–Kier alpha value is -2.13. The topological polar surface area (TPSA) is 61.9 Å². The first kappa shape index (κ1) is 19.6. The second-order valence-corrected chi connectivity index (χ2v) is 7.61. The van der Waals surface area contributed by atoms with E-state index in [0.29, 0.717) is 11.3 Å². The molecule has 27 heavy (non-hydrogen) atoms. The van der Waals surface area contributed by atoms with Crippen LogP contribution in [0.2, 0.25) is 0 Å². The number of nitrogens with one attached hydrogen (secondary N) is 1. The Balaban J connectivity index is 1.54. The molecule has 0 aromatic heterocycles. The molecule has 0 radical (unpaired) electrons. The van der Waals surface area contributed by atoms with Crippen molar-refractivity contribution in [1.29, 1.82) is 0 Å². The third kappa shape index (κ3) is 5.43. The summed E-state index contributed by atoms with van der Waals surface area (Å²) in [6.45, 7) is 3.21. The average Bonchev–Trinajstić information content (AvgIpc) is 2.68. The van der Waals surface area contributed by atoms with Crippen molar-refractivity contribution in [3.8, 4) is 0 Å². The van der Waals surface area contributed by atoms with Crippen molar-refractivity contribution in [1.82, 2.24) is 4.90 Å². The zero-order valence-electron chi connectivity index (χ0n) is 15.2. The number of ether oxygens (including phenoxy) is 1. The highest BCUT2D eigenvalue weighted by Gasteiger charge is 2.16. The summed E-state index contributed by atoms with van der Waals surface area (Å²) in [5.41, 5.74) is 2.40. The maximum atomic E-state index is 12.4. The molecule has 6 nitrogen and oxygen atoms in total. The summed E-state index contributed by atoms with van der Waals surface area (Å²) in [7, 11) is 1.63. The molecule has 7 heteroatoms. The molecule has 0 aliphatic carbocycles. The Bertz CT molecular complexity index is 804. The van der Waals surface area contributed by atoms with Crippen molar-refractivity contribution in [3.05, 3.63) is 57.7 Å². The van der Waals surface area contributed by atoms with Gasteiger partial charge in [0, 0.05) is 40.6 Å². The van der Waals surface area contributed by atoms with Crippen molar-refractivity contribution in [2.45, 2.75) is 0 Å². The lowest BCUT2D eigenvalue weighted by Gasteiger charge is -2.28. The third-order valence-corrected chi connectivity index (χ3v) is 5.00. The van der Waals surface area contributed by atoms with Crippen LogP contribution in [0.15, 0.2) is 48.5 Å². The zero-order chi connectivity index (χ0) is 19.2. The van der Waals surface area contributed by atoms with Gasteiger partial charge in [-0.05, 0) is 65.1 Å². The number of carbonyl (C=O) groups is 2. The van der Waals surface area contributed by atoms with E-state index in [4.69, 9.17) is 4.74 Å². The first-order valence-corrected chi connectivity index (χ1v) is 9.84. The van der Waals surface area contributed by atoms with Crippen LogP contribution < -0.4 is 10.2 Å². The van der Waals surface area contributed by atoms with E-state index in [2.05, 4.69) is 32.8 Å². The molecule has 0 saturated carbocycles. The predicted octanol–water partition coefficient (Wildman–Crippen LogP) is 2.84. The van der Waals surface area contributed by atoms with E-state index < -0.39 is 0 Å². The average molecular weight is 479 g/mol. The number of halogens is 1. The molecule has 1 saturated heterocycles. The standard InChI is InChI=1S/C20H22IN3O3/c1-23(20(26)15-3-2-4-16(21)13-15)14-19(25)22-17-5-7-18(8-6-17)24-9-11-27-12-10-24/h2-8,13H,9-12,14H2,1H3,(H,22,25). The highest BCUT2D eigenvalue weighted by molar-refractivity contribution is 14.1. The molecule has 0 atom stereocenters. The van der Waals surface area contributed by atoms with Gasteiger partial charge in [0.15, 0.2) is 0 Å². The van der Waals surface area contributed by atoms with Crippen molar-refractivity contribution < 1.29 is 14.3 Å². The van der Waals surface area contributed by atoms with Gasteiger partial charge in [0.05, 0.1) is 19.8 Å². The van der Waals surface area contributed by atoms with Crippen LogP contribution in [0.5, 0.6) is 0 Å². The van der Waals surface area contributed by atoms with E-state index in [1.807, 2.05) is 42.5 Å². The van der Waals surface area contributed by atoms with Gasteiger partial charge in [-0.15, -0.1) is 0 Å². The summed E-state index contributed by atoms with van der Waals surface area (Å²) in [5, 5.41) is 2.84. The van der Waals surface area contributed by atoms with Crippen LogP contribution in [-0.2, 0) is 9.53 Å². The van der Waals surface area contributed by atoms with Gasteiger partial charge in [-0.3, -0.25) is 9.59 Å². The molecule has 142 valence electrons. The van der Waals surface area contributed by atoms with Crippen LogP contribution in [-0.4, -0.2) is 56.6 Å². The van der Waals surface area contributed by atoms with Gasteiger partial charge in [0.2, 0.25) is 5.91 Å². The molecule has 0 unspecified atom stereocenters. The lowest BCUT2D eigenvalue weighted by Crippen LogP contribution is -2.36. The molecule has 2 aromatic rings. The molecule has 1 aliphatic heterocycles. The number of amides is 2. The van der Waals surface area contributed by atoms with Crippen LogP contribution in [0.3, 0.4) is 0 Å². The minimum atomic E-state index is -0.226. The van der Waals surface area contributed by atoms with Crippen LogP contribution in [0.1, 0.15) is 10.4 Å². The van der Waals surface area contributed by atoms with Crippen LogP contribution in [0.4, 0.5) is 11.4 Å². The highest BCUT2D eigenvalue weighted by atomic mass is 127. The number of anilines is 2. The van der Waals surface area contributed by atoms with Gasteiger partial charge >= 0.3 is 0 Å². The van der Waals surface area contributed by atoms with Crippen LogP contribution in [0, 0.1) is 3.57 Å². The quantitative estimate of drug-likeness (QED) is 0.671. The normalized spacial score (nSPS) is 13.9. The molecule has 0 bridgehead atoms. The third-order valence-electron chi connectivity index (χ3n) is 4.33. The van der Waals surface area contributed by atoms with Crippen molar-refractivity contribution in [3.63, 3.8) is 0 Å². The van der Waals surface area contributed by atoms with Crippen molar-refractivity contribution >= 4 is 45.8 Å². The molecular weight excluding hydrogens is 457 g/mol. The first-order chi connectivity index (χ1) is 13.0. The Labute approximate surface area is 172 Å². The Kier molecular flexibility index (Phi) is 6.68. The van der Waals surface area contributed by atoms with Gasteiger partial charge in [0.1, 0.15) is 0 Å². The van der Waals surface area contributed by atoms with E-state index in [-0.39, 0.29) is 18.4 Å². The smallest absolute Gasteiger partial charge is 0.254 e. The highest BCUT2D eigenvalue weighted by Crippen LogP contribution is 2.19. The molecule has 1 aliphatic rings. The molecule has 2 aromatic carbocycles. The maximum Gasteiger partial charge on any atom is 0.254 e. The first-order valence-electron chi connectivity index (χ1n) is 8.76. The number of nitrogens with zero attached hydrogens (tertiary/aromatic N) is 2. The van der Waals surface area contributed by atoms with E-state index >= 15 is 0 Å². The fourth-order valence-corrected chi connectivity index (χ4v) is 3.45. The van der Waals surface area contributed by atoms with Gasteiger partial charge in [-0.25, -0.2) is 0 Å². The number of hydrogen-bond donors (Lipinski definition) is 1. The number of rotatable bonds is 5. The summed E-state index contributed by atoms with van der Waals surface area (Å²) >= 11 is 2.16. The summed E-state index contributed by atoms with van der Waals surface area (Å²) in [6.07, 6.45) is 0. The largest absolute Gasteiger partial charge is 0.378 e. The zero-order valence-corrected chi connectivity index (χ0v) is 17.3. The van der Waals surface area contributed by atoms with Crippen LogP contribution in [0.25, 0.3) is 0 Å². The predicted molar refractivity (Wildman–Crippen MR) is 114 cm³/mol. The molecule has 1 N–H and O–H groups in total.